The lowest BCUT2D eigenvalue weighted by molar-refractivity contribution is -0.116. The van der Waals surface area contributed by atoms with Crippen LogP contribution in [-0.4, -0.2) is 28.5 Å². The van der Waals surface area contributed by atoms with E-state index in [1.54, 1.807) is 31.2 Å². The van der Waals surface area contributed by atoms with Crippen molar-refractivity contribution in [1.29, 1.82) is 5.26 Å². The highest BCUT2D eigenvalue weighted by molar-refractivity contribution is 5.98. The third kappa shape index (κ3) is 4.82. The van der Waals surface area contributed by atoms with Gasteiger partial charge in [-0.2, -0.15) is 5.26 Å². The molecule has 9 nitrogen and oxygen atoms in total. The number of hydrogen-bond acceptors (Lipinski definition) is 6. The lowest BCUT2D eigenvalue weighted by Gasteiger charge is -2.23. The molecule has 1 heterocycles. The number of nitrogens with zero attached hydrogens (tertiary/aromatic N) is 3. The molecule has 9 heteroatoms. The molecular weight excluding hydrogens is 396 g/mol. The van der Waals surface area contributed by atoms with E-state index in [2.05, 4.69) is 10.3 Å². The Labute approximate surface area is 178 Å². The minimum Gasteiger partial charge on any atom is -0.383 e. The Hall–Kier alpha value is -4.32. The number of carbonyl (C=O) groups is 1. The van der Waals surface area contributed by atoms with Crippen molar-refractivity contribution in [3.8, 4) is 6.07 Å². The first-order valence-electron chi connectivity index (χ1n) is 9.65. The fraction of sp³-hybridized carbons (Fsp3) is 0.182. The molecule has 0 aliphatic heterocycles. The number of H-pyrrole nitrogens is 1. The number of nitrogens with two attached hydrogens (primary N) is 1. The molecule has 31 heavy (non-hydrogen) atoms. The number of aromatic nitrogens is 2. The molecule has 0 spiro atoms. The van der Waals surface area contributed by atoms with Crippen molar-refractivity contribution in [3.05, 3.63) is 86.6 Å². The predicted molar refractivity (Wildman–Crippen MR) is 119 cm³/mol. The van der Waals surface area contributed by atoms with Crippen LogP contribution in [0.15, 0.2) is 64.2 Å². The summed E-state index contributed by atoms with van der Waals surface area (Å²) in [6, 6.07) is 17.9. The molecule has 0 radical (unpaired) electrons. The Morgan fingerprint density at radius 2 is 1.94 bits per heavy atom. The molecule has 158 valence electrons. The highest BCUT2D eigenvalue weighted by Gasteiger charge is 2.23. The van der Waals surface area contributed by atoms with Crippen molar-refractivity contribution in [2.45, 2.75) is 13.5 Å². The van der Waals surface area contributed by atoms with Crippen LogP contribution >= 0.6 is 0 Å². The van der Waals surface area contributed by atoms with Gasteiger partial charge in [0, 0.05) is 12.2 Å². The van der Waals surface area contributed by atoms with Gasteiger partial charge < -0.3 is 16.0 Å². The Morgan fingerprint density at radius 3 is 2.61 bits per heavy atom. The van der Waals surface area contributed by atoms with Crippen molar-refractivity contribution in [2.75, 3.05) is 29.0 Å². The van der Waals surface area contributed by atoms with E-state index < -0.39 is 17.2 Å². The number of hydrogen-bond donors (Lipinski definition) is 3. The number of rotatable bonds is 7. The number of aromatic amines is 1. The Kier molecular flexibility index (Phi) is 6.52. The zero-order valence-corrected chi connectivity index (χ0v) is 17.0. The van der Waals surface area contributed by atoms with Crippen LogP contribution in [0.4, 0.5) is 17.2 Å². The van der Waals surface area contributed by atoms with Crippen LogP contribution < -0.4 is 27.2 Å². The summed E-state index contributed by atoms with van der Waals surface area (Å²) in [6.07, 6.45) is 0. The molecule has 0 saturated heterocycles. The quantitative estimate of drug-likeness (QED) is 0.532. The van der Waals surface area contributed by atoms with Gasteiger partial charge in [-0.15, -0.1) is 0 Å². The van der Waals surface area contributed by atoms with Gasteiger partial charge in [0.2, 0.25) is 5.91 Å². The molecule has 0 atom stereocenters. The van der Waals surface area contributed by atoms with E-state index in [-0.39, 0.29) is 31.1 Å². The Balaban J connectivity index is 1.88. The van der Waals surface area contributed by atoms with Crippen molar-refractivity contribution in [3.63, 3.8) is 0 Å². The lowest BCUT2D eigenvalue weighted by Crippen LogP contribution is -2.43. The van der Waals surface area contributed by atoms with Gasteiger partial charge in [-0.05, 0) is 30.7 Å². The second kappa shape index (κ2) is 9.45. The van der Waals surface area contributed by atoms with Crippen LogP contribution in [-0.2, 0) is 11.3 Å². The van der Waals surface area contributed by atoms with E-state index in [0.717, 1.165) is 5.56 Å². The highest BCUT2D eigenvalue weighted by Crippen LogP contribution is 2.18. The first kappa shape index (κ1) is 21.4. The fourth-order valence-corrected chi connectivity index (χ4v) is 3.19. The summed E-state index contributed by atoms with van der Waals surface area (Å²) in [5.74, 6) is -0.494. The monoisotopic (exact) mass is 418 g/mol. The van der Waals surface area contributed by atoms with Crippen LogP contribution in [0.25, 0.3) is 0 Å². The Morgan fingerprint density at radius 1 is 1.19 bits per heavy atom. The van der Waals surface area contributed by atoms with E-state index >= 15 is 0 Å². The zero-order chi connectivity index (χ0) is 22.4. The summed E-state index contributed by atoms with van der Waals surface area (Å²) in [5.41, 5.74) is 6.61. The maximum Gasteiger partial charge on any atom is 0.330 e. The standard InChI is InChI=1S/C22H22N6O3/c1-2-27(18(29)13-25-17-10-6-9-16(11-17)12-23)19-20(24)28(22(31)26-21(19)30)14-15-7-4-3-5-8-15/h3-11,25H,2,13-14,24H2,1H3,(H,26,30,31). The smallest absolute Gasteiger partial charge is 0.330 e. The van der Waals surface area contributed by atoms with Gasteiger partial charge in [0.15, 0.2) is 5.69 Å². The van der Waals surface area contributed by atoms with Crippen molar-refractivity contribution >= 4 is 23.1 Å². The summed E-state index contributed by atoms with van der Waals surface area (Å²) < 4.78 is 1.23. The number of carbonyl (C=O) groups excluding carboxylic acids is 1. The molecule has 3 rings (SSSR count). The zero-order valence-electron chi connectivity index (χ0n) is 17.0. The second-order valence-corrected chi connectivity index (χ2v) is 6.75. The summed E-state index contributed by atoms with van der Waals surface area (Å²) >= 11 is 0. The number of likely N-dealkylation sites (N-methyl/N-ethyl adjacent to an activating group) is 1. The topological polar surface area (TPSA) is 137 Å². The third-order valence-electron chi connectivity index (χ3n) is 4.72. The number of benzene rings is 2. The SMILES string of the molecule is CCN(C(=O)CNc1cccc(C#N)c1)c1c(N)n(Cc2ccccc2)c(=O)[nH]c1=O. The minimum absolute atomic E-state index is 0.0735. The highest BCUT2D eigenvalue weighted by atomic mass is 16.2. The lowest BCUT2D eigenvalue weighted by atomic mass is 10.2. The van der Waals surface area contributed by atoms with Gasteiger partial charge in [0.25, 0.3) is 5.56 Å². The molecule has 0 aliphatic carbocycles. The van der Waals surface area contributed by atoms with Gasteiger partial charge in [-0.1, -0.05) is 36.4 Å². The van der Waals surface area contributed by atoms with E-state index in [1.165, 1.54) is 9.47 Å². The Bertz CT molecular complexity index is 1240. The summed E-state index contributed by atoms with van der Waals surface area (Å²) in [6.45, 7) is 1.91. The number of nitrogens with one attached hydrogen (secondary N) is 2. The molecule has 3 aromatic rings. The first-order chi connectivity index (χ1) is 14.9. The average Bonchev–Trinajstić information content (AvgIpc) is 2.78. The largest absolute Gasteiger partial charge is 0.383 e. The summed E-state index contributed by atoms with van der Waals surface area (Å²) in [7, 11) is 0. The van der Waals surface area contributed by atoms with Gasteiger partial charge in [0.1, 0.15) is 5.82 Å². The van der Waals surface area contributed by atoms with E-state index in [0.29, 0.717) is 11.3 Å². The normalized spacial score (nSPS) is 10.3. The first-order valence-corrected chi connectivity index (χ1v) is 9.65. The van der Waals surface area contributed by atoms with Gasteiger partial charge in [0.05, 0.1) is 24.7 Å². The van der Waals surface area contributed by atoms with Crippen molar-refractivity contribution < 1.29 is 4.79 Å². The number of anilines is 3. The van der Waals surface area contributed by atoms with Gasteiger partial charge >= 0.3 is 5.69 Å². The summed E-state index contributed by atoms with van der Waals surface area (Å²) in [4.78, 5) is 41.2. The van der Waals surface area contributed by atoms with Crippen LogP contribution in [0.2, 0.25) is 0 Å². The molecule has 4 N–H and O–H groups in total. The van der Waals surface area contributed by atoms with Crippen molar-refractivity contribution in [1.82, 2.24) is 9.55 Å². The molecule has 0 saturated carbocycles. The second-order valence-electron chi connectivity index (χ2n) is 6.75. The van der Waals surface area contributed by atoms with Crippen LogP contribution in [0.5, 0.6) is 0 Å². The van der Waals surface area contributed by atoms with E-state index in [1.807, 2.05) is 36.4 Å². The number of nitriles is 1. The fourth-order valence-electron chi connectivity index (χ4n) is 3.19. The van der Waals surface area contributed by atoms with Gasteiger partial charge in [-0.3, -0.25) is 19.1 Å². The molecule has 0 fully saturated rings. The molecule has 2 aromatic carbocycles. The predicted octanol–water partition coefficient (Wildman–Crippen LogP) is 1.50. The van der Waals surface area contributed by atoms with E-state index in [9.17, 15) is 14.4 Å². The molecule has 0 unspecified atom stereocenters. The maximum atomic E-state index is 12.9. The van der Waals surface area contributed by atoms with Crippen LogP contribution in [0.1, 0.15) is 18.1 Å². The van der Waals surface area contributed by atoms with E-state index in [4.69, 9.17) is 11.0 Å². The molecular formula is C22H22N6O3. The molecule has 1 amide bonds. The minimum atomic E-state index is -0.728. The average molecular weight is 418 g/mol. The van der Waals surface area contributed by atoms with Crippen molar-refractivity contribution in [2.24, 2.45) is 0 Å². The van der Waals surface area contributed by atoms with Crippen LogP contribution in [0, 0.1) is 11.3 Å². The third-order valence-corrected chi connectivity index (χ3v) is 4.72. The number of amides is 1. The van der Waals surface area contributed by atoms with Crippen LogP contribution in [0.3, 0.4) is 0 Å². The molecule has 0 bridgehead atoms. The maximum absolute atomic E-state index is 12.9. The molecule has 1 aromatic heterocycles. The summed E-state index contributed by atoms with van der Waals surface area (Å²) in [5, 5.41) is 11.9. The molecule has 0 aliphatic rings. The van der Waals surface area contributed by atoms with Gasteiger partial charge in [-0.25, -0.2) is 4.79 Å². The number of nitrogen functional groups attached to an aromatic ring is 1.